The van der Waals surface area contributed by atoms with Gasteiger partial charge in [-0.25, -0.2) is 0 Å². The zero-order valence-corrected chi connectivity index (χ0v) is 14.3. The fourth-order valence-electron chi connectivity index (χ4n) is 2.86. The van der Waals surface area contributed by atoms with Crippen LogP contribution >= 0.6 is 11.8 Å². The standard InChI is InChI=1S/C17H21N3O3S/c1-3-13(21-6-1)10-18-17-20-19-14(11-24-17)12-4-5-15-16(9-12)23-8-2-7-22-15/h4-5,9,13H,1-3,6-8,10-11H2,(H,18,20)/t13-/m1/s1. The lowest BCUT2D eigenvalue weighted by molar-refractivity contribution is 0.118. The predicted molar refractivity (Wildman–Crippen MR) is 95.5 cm³/mol. The Morgan fingerprint density at radius 2 is 2.08 bits per heavy atom. The third-order valence-electron chi connectivity index (χ3n) is 4.18. The molecule has 1 N–H and O–H groups in total. The van der Waals surface area contributed by atoms with E-state index in [0.717, 1.165) is 59.6 Å². The molecular formula is C17H21N3O3S. The summed E-state index contributed by atoms with van der Waals surface area (Å²) < 4.78 is 17.0. The monoisotopic (exact) mass is 347 g/mol. The van der Waals surface area contributed by atoms with E-state index in [9.17, 15) is 0 Å². The van der Waals surface area contributed by atoms with Crippen LogP contribution in [0.1, 0.15) is 24.8 Å². The molecule has 0 amide bonds. The Morgan fingerprint density at radius 1 is 1.17 bits per heavy atom. The van der Waals surface area contributed by atoms with Crippen LogP contribution in [-0.2, 0) is 4.74 Å². The van der Waals surface area contributed by atoms with E-state index in [1.165, 1.54) is 0 Å². The molecule has 3 aliphatic rings. The maximum atomic E-state index is 5.75. The van der Waals surface area contributed by atoms with Gasteiger partial charge in [-0.2, -0.15) is 5.10 Å². The molecule has 1 saturated heterocycles. The number of hydrazone groups is 1. The first kappa shape index (κ1) is 15.8. The van der Waals surface area contributed by atoms with Crippen molar-refractivity contribution in [3.63, 3.8) is 0 Å². The third kappa shape index (κ3) is 3.67. The first-order valence-corrected chi connectivity index (χ1v) is 9.38. The van der Waals surface area contributed by atoms with Crippen molar-refractivity contribution in [3.05, 3.63) is 23.8 Å². The Bertz CT molecular complexity index is 656. The molecule has 0 aliphatic carbocycles. The summed E-state index contributed by atoms with van der Waals surface area (Å²) in [4.78, 5) is 4.57. The molecule has 0 unspecified atom stereocenters. The molecule has 128 valence electrons. The van der Waals surface area contributed by atoms with Crippen molar-refractivity contribution < 1.29 is 14.2 Å². The number of hydrogen-bond donors (Lipinski definition) is 1. The molecule has 3 heterocycles. The highest BCUT2D eigenvalue weighted by molar-refractivity contribution is 8.14. The van der Waals surface area contributed by atoms with Gasteiger partial charge in [0, 0.05) is 24.3 Å². The molecule has 0 saturated carbocycles. The van der Waals surface area contributed by atoms with E-state index < -0.39 is 0 Å². The van der Waals surface area contributed by atoms with E-state index in [2.05, 4.69) is 15.5 Å². The summed E-state index contributed by atoms with van der Waals surface area (Å²) in [5.41, 5.74) is 5.10. The lowest BCUT2D eigenvalue weighted by Crippen LogP contribution is -2.26. The van der Waals surface area contributed by atoms with Gasteiger partial charge in [0.15, 0.2) is 16.7 Å². The van der Waals surface area contributed by atoms with Crippen LogP contribution in [0.4, 0.5) is 0 Å². The number of hydrogen-bond acceptors (Lipinski definition) is 6. The second-order valence-electron chi connectivity index (χ2n) is 5.95. The highest BCUT2D eigenvalue weighted by Gasteiger charge is 2.18. The summed E-state index contributed by atoms with van der Waals surface area (Å²) in [6, 6.07) is 6.00. The Kier molecular flexibility index (Phi) is 4.89. The quantitative estimate of drug-likeness (QED) is 0.910. The fourth-order valence-corrected chi connectivity index (χ4v) is 3.64. The second kappa shape index (κ2) is 7.44. The van der Waals surface area contributed by atoms with Crippen LogP contribution in [0.3, 0.4) is 0 Å². The van der Waals surface area contributed by atoms with E-state index in [1.54, 1.807) is 11.8 Å². The SMILES string of the molecule is c1cc2c(cc1C1=NNC(=NC[C@H]3CCCO3)SC1)OCCCO2. The van der Waals surface area contributed by atoms with Crippen molar-refractivity contribution >= 4 is 22.6 Å². The van der Waals surface area contributed by atoms with Crippen molar-refractivity contribution in [1.29, 1.82) is 0 Å². The average molecular weight is 347 g/mol. The molecule has 4 rings (SSSR count). The van der Waals surface area contributed by atoms with Crippen LogP contribution in [0, 0.1) is 0 Å². The van der Waals surface area contributed by atoms with Crippen LogP contribution < -0.4 is 14.9 Å². The number of thioether (sulfide) groups is 1. The van der Waals surface area contributed by atoms with E-state index in [4.69, 9.17) is 14.2 Å². The maximum absolute atomic E-state index is 5.75. The van der Waals surface area contributed by atoms with Crippen LogP contribution in [0.2, 0.25) is 0 Å². The van der Waals surface area contributed by atoms with E-state index >= 15 is 0 Å². The summed E-state index contributed by atoms with van der Waals surface area (Å²) in [6.07, 6.45) is 3.43. The summed E-state index contributed by atoms with van der Waals surface area (Å²) in [7, 11) is 0. The van der Waals surface area contributed by atoms with E-state index in [0.29, 0.717) is 19.8 Å². The molecule has 1 fully saturated rings. The number of nitrogens with zero attached hydrogens (tertiary/aromatic N) is 2. The van der Waals surface area contributed by atoms with Gasteiger partial charge in [0.25, 0.3) is 0 Å². The molecule has 7 heteroatoms. The van der Waals surface area contributed by atoms with Crippen molar-refractivity contribution in [2.75, 3.05) is 32.1 Å². The summed E-state index contributed by atoms with van der Waals surface area (Å²) >= 11 is 1.67. The van der Waals surface area contributed by atoms with Crippen LogP contribution in [0.25, 0.3) is 0 Å². The second-order valence-corrected chi connectivity index (χ2v) is 6.92. The topological polar surface area (TPSA) is 64.4 Å². The van der Waals surface area contributed by atoms with Crippen LogP contribution in [-0.4, -0.2) is 49.1 Å². The Labute approximate surface area is 145 Å². The molecular weight excluding hydrogens is 326 g/mol. The highest BCUT2D eigenvalue weighted by Crippen LogP contribution is 2.31. The van der Waals surface area contributed by atoms with Gasteiger partial charge in [0.2, 0.25) is 0 Å². The first-order chi connectivity index (χ1) is 11.9. The van der Waals surface area contributed by atoms with Gasteiger partial charge in [-0.3, -0.25) is 10.4 Å². The Morgan fingerprint density at radius 3 is 2.88 bits per heavy atom. The molecule has 0 bridgehead atoms. The Balaban J connectivity index is 1.42. The summed E-state index contributed by atoms with van der Waals surface area (Å²) in [6.45, 7) is 2.97. The van der Waals surface area contributed by atoms with Gasteiger partial charge in [-0.1, -0.05) is 11.8 Å². The number of ether oxygens (including phenoxy) is 3. The third-order valence-corrected chi connectivity index (χ3v) is 5.09. The highest BCUT2D eigenvalue weighted by atomic mass is 32.2. The van der Waals surface area contributed by atoms with Crippen LogP contribution in [0.15, 0.2) is 28.3 Å². The number of aliphatic imine (C=N–C) groups is 1. The minimum atomic E-state index is 0.270. The smallest absolute Gasteiger partial charge is 0.177 e. The zero-order chi connectivity index (χ0) is 16.2. The lowest BCUT2D eigenvalue weighted by atomic mass is 10.1. The van der Waals surface area contributed by atoms with Crippen molar-refractivity contribution in [2.45, 2.75) is 25.4 Å². The fraction of sp³-hybridized carbons (Fsp3) is 0.529. The number of fused-ring (bicyclic) bond motifs is 1. The van der Waals surface area contributed by atoms with Gasteiger partial charge >= 0.3 is 0 Å². The summed E-state index contributed by atoms with van der Waals surface area (Å²) in [5.74, 6) is 2.40. The minimum absolute atomic E-state index is 0.270. The molecule has 1 aromatic rings. The number of benzene rings is 1. The normalized spacial score (nSPS) is 25.1. The average Bonchev–Trinajstić information content (AvgIpc) is 3.04. The summed E-state index contributed by atoms with van der Waals surface area (Å²) in [5, 5.41) is 5.34. The van der Waals surface area contributed by atoms with Crippen molar-refractivity contribution in [2.24, 2.45) is 10.1 Å². The van der Waals surface area contributed by atoms with E-state index in [1.807, 2.05) is 18.2 Å². The maximum Gasteiger partial charge on any atom is 0.177 e. The molecule has 6 nitrogen and oxygen atoms in total. The number of rotatable bonds is 3. The minimum Gasteiger partial charge on any atom is -0.490 e. The number of amidine groups is 1. The van der Waals surface area contributed by atoms with Gasteiger partial charge < -0.3 is 14.2 Å². The molecule has 24 heavy (non-hydrogen) atoms. The molecule has 1 atom stereocenters. The van der Waals surface area contributed by atoms with E-state index in [-0.39, 0.29) is 6.10 Å². The van der Waals surface area contributed by atoms with Crippen LogP contribution in [0.5, 0.6) is 11.5 Å². The molecule has 0 radical (unpaired) electrons. The molecule has 0 spiro atoms. The molecule has 0 aromatic heterocycles. The van der Waals surface area contributed by atoms with Crippen molar-refractivity contribution in [1.82, 2.24) is 5.43 Å². The largest absolute Gasteiger partial charge is 0.490 e. The van der Waals surface area contributed by atoms with Gasteiger partial charge in [-0.05, 0) is 31.0 Å². The molecule has 3 aliphatic heterocycles. The predicted octanol–water partition coefficient (Wildman–Crippen LogP) is 2.42. The van der Waals surface area contributed by atoms with Gasteiger partial charge in [0.1, 0.15) is 0 Å². The zero-order valence-electron chi connectivity index (χ0n) is 13.5. The number of nitrogens with one attached hydrogen (secondary N) is 1. The lowest BCUT2D eigenvalue weighted by Gasteiger charge is -2.16. The van der Waals surface area contributed by atoms with Crippen molar-refractivity contribution in [3.8, 4) is 11.5 Å². The van der Waals surface area contributed by atoms with Gasteiger partial charge in [-0.15, -0.1) is 0 Å². The first-order valence-electron chi connectivity index (χ1n) is 8.40. The van der Waals surface area contributed by atoms with Gasteiger partial charge in [0.05, 0.1) is 31.6 Å². The molecule has 1 aromatic carbocycles. The Hall–Kier alpha value is -1.73.